The maximum atomic E-state index is 11.6. The van der Waals surface area contributed by atoms with Crippen LogP contribution in [0.2, 0.25) is 0 Å². The van der Waals surface area contributed by atoms with Crippen molar-refractivity contribution in [1.82, 2.24) is 10.2 Å². The molecule has 0 aliphatic rings. The molecule has 0 radical (unpaired) electrons. The van der Waals surface area contributed by atoms with Crippen LogP contribution in [-0.4, -0.2) is 55.5 Å². The molecule has 0 aromatic rings. The molecule has 0 aromatic heterocycles. The minimum absolute atomic E-state index is 0.0163. The van der Waals surface area contributed by atoms with Crippen LogP contribution in [0.25, 0.3) is 0 Å². The molecule has 5 nitrogen and oxygen atoms in total. The van der Waals surface area contributed by atoms with E-state index in [0.29, 0.717) is 6.42 Å². The SMILES string of the molecule is CC.CNCCCCC(C(C)=O)N(CC=O)CC(C)=O. The van der Waals surface area contributed by atoms with Gasteiger partial charge in [0.2, 0.25) is 0 Å². The summed E-state index contributed by atoms with van der Waals surface area (Å²) >= 11 is 0. The van der Waals surface area contributed by atoms with Crippen LogP contribution in [0.3, 0.4) is 0 Å². The summed E-state index contributed by atoms with van der Waals surface area (Å²) < 4.78 is 0. The van der Waals surface area contributed by atoms with Crippen molar-refractivity contribution in [3.8, 4) is 0 Å². The van der Waals surface area contributed by atoms with Crippen LogP contribution < -0.4 is 5.32 Å². The van der Waals surface area contributed by atoms with Crippen LogP contribution in [0.15, 0.2) is 0 Å². The predicted octanol–water partition coefficient (Wildman–Crippen LogP) is 1.45. The largest absolute Gasteiger partial charge is 0.320 e. The molecule has 0 spiro atoms. The molecule has 0 aliphatic heterocycles. The van der Waals surface area contributed by atoms with Crippen LogP contribution in [-0.2, 0) is 14.4 Å². The van der Waals surface area contributed by atoms with E-state index in [0.717, 1.165) is 25.7 Å². The van der Waals surface area contributed by atoms with Crippen molar-refractivity contribution in [3.63, 3.8) is 0 Å². The van der Waals surface area contributed by atoms with Gasteiger partial charge in [-0.25, -0.2) is 0 Å². The molecule has 1 N–H and O–H groups in total. The Morgan fingerprint density at radius 1 is 1.20 bits per heavy atom. The Labute approximate surface area is 123 Å². The molecule has 0 aliphatic carbocycles. The number of nitrogens with one attached hydrogen (secondary N) is 1. The first kappa shape index (κ1) is 21.2. The smallest absolute Gasteiger partial charge is 0.146 e. The van der Waals surface area contributed by atoms with E-state index in [1.807, 2.05) is 20.9 Å². The van der Waals surface area contributed by atoms with E-state index in [2.05, 4.69) is 5.32 Å². The first-order valence-electron chi connectivity index (χ1n) is 7.35. The minimum Gasteiger partial charge on any atom is -0.320 e. The number of hydrogen-bond acceptors (Lipinski definition) is 5. The lowest BCUT2D eigenvalue weighted by Gasteiger charge is -2.27. The predicted molar refractivity (Wildman–Crippen MR) is 81.9 cm³/mol. The molecule has 1 unspecified atom stereocenters. The van der Waals surface area contributed by atoms with Gasteiger partial charge in [0.1, 0.15) is 17.9 Å². The standard InChI is InChI=1S/C13H24N2O3.C2H6/c1-11(17)10-15(8-9-16)13(12(2)18)6-4-5-7-14-3;1-2/h9,13-14H,4-8,10H2,1-3H3;1-2H3. The van der Waals surface area contributed by atoms with Gasteiger partial charge in [-0.3, -0.25) is 14.5 Å². The molecule has 0 heterocycles. The number of nitrogens with zero attached hydrogens (tertiary/aromatic N) is 1. The summed E-state index contributed by atoms with van der Waals surface area (Å²) in [5.41, 5.74) is 0. The quantitative estimate of drug-likeness (QED) is 0.460. The van der Waals surface area contributed by atoms with Crippen molar-refractivity contribution in [3.05, 3.63) is 0 Å². The summed E-state index contributed by atoms with van der Waals surface area (Å²) in [6.45, 7) is 8.19. The lowest BCUT2D eigenvalue weighted by molar-refractivity contribution is -0.125. The third-order valence-electron chi connectivity index (χ3n) is 2.80. The van der Waals surface area contributed by atoms with Gasteiger partial charge in [0.15, 0.2) is 0 Å². The van der Waals surface area contributed by atoms with Crippen LogP contribution in [0, 0.1) is 0 Å². The molecule has 0 rings (SSSR count). The Hall–Kier alpha value is -1.07. The monoisotopic (exact) mass is 286 g/mol. The molecule has 0 bridgehead atoms. The summed E-state index contributed by atoms with van der Waals surface area (Å²) in [5, 5.41) is 3.05. The summed E-state index contributed by atoms with van der Waals surface area (Å²) in [6, 6.07) is -0.323. The second kappa shape index (κ2) is 14.3. The van der Waals surface area contributed by atoms with Gasteiger partial charge in [-0.1, -0.05) is 20.3 Å². The van der Waals surface area contributed by atoms with E-state index in [-0.39, 0.29) is 30.7 Å². The van der Waals surface area contributed by atoms with E-state index in [1.165, 1.54) is 13.8 Å². The Morgan fingerprint density at radius 2 is 1.80 bits per heavy atom. The molecule has 20 heavy (non-hydrogen) atoms. The maximum Gasteiger partial charge on any atom is 0.146 e. The van der Waals surface area contributed by atoms with Crippen molar-refractivity contribution in [1.29, 1.82) is 0 Å². The molecule has 0 amide bonds. The lowest BCUT2D eigenvalue weighted by Crippen LogP contribution is -2.43. The van der Waals surface area contributed by atoms with Crippen molar-refractivity contribution in [2.75, 3.05) is 26.7 Å². The fourth-order valence-corrected chi connectivity index (χ4v) is 1.97. The van der Waals surface area contributed by atoms with Gasteiger partial charge in [-0.2, -0.15) is 0 Å². The first-order chi connectivity index (χ1) is 9.52. The summed E-state index contributed by atoms with van der Waals surface area (Å²) in [5.74, 6) is -0.0131. The normalized spacial score (nSPS) is 11.5. The van der Waals surface area contributed by atoms with Gasteiger partial charge >= 0.3 is 0 Å². The number of rotatable bonds is 11. The van der Waals surface area contributed by atoms with Crippen molar-refractivity contribution in [2.24, 2.45) is 0 Å². The molecule has 118 valence electrons. The highest BCUT2D eigenvalue weighted by molar-refractivity contribution is 5.83. The maximum absolute atomic E-state index is 11.6. The molecular formula is C15H30N2O3. The number of carbonyl (C=O) groups excluding carboxylic acids is 3. The zero-order valence-electron chi connectivity index (χ0n) is 13.6. The minimum atomic E-state index is -0.323. The zero-order valence-corrected chi connectivity index (χ0v) is 13.6. The van der Waals surface area contributed by atoms with Gasteiger partial charge in [0, 0.05) is 0 Å². The Bertz CT molecular complexity index is 280. The molecule has 5 heteroatoms. The fraction of sp³-hybridized carbons (Fsp3) is 0.800. The van der Waals surface area contributed by atoms with E-state index in [4.69, 9.17) is 0 Å². The van der Waals surface area contributed by atoms with Crippen LogP contribution in [0.5, 0.6) is 0 Å². The van der Waals surface area contributed by atoms with Gasteiger partial charge < -0.3 is 10.1 Å². The van der Waals surface area contributed by atoms with Crippen LogP contribution in [0.4, 0.5) is 0 Å². The number of unbranched alkanes of at least 4 members (excludes halogenated alkanes) is 1. The van der Waals surface area contributed by atoms with Gasteiger partial charge in [-0.15, -0.1) is 0 Å². The second-order valence-electron chi connectivity index (χ2n) is 4.52. The molecule has 0 fully saturated rings. The highest BCUT2D eigenvalue weighted by Crippen LogP contribution is 2.10. The van der Waals surface area contributed by atoms with Gasteiger partial charge in [0.25, 0.3) is 0 Å². The van der Waals surface area contributed by atoms with E-state index in [1.54, 1.807) is 4.90 Å². The zero-order chi connectivity index (χ0) is 16.0. The van der Waals surface area contributed by atoms with Crippen molar-refractivity contribution in [2.45, 2.75) is 53.0 Å². The second-order valence-corrected chi connectivity index (χ2v) is 4.52. The highest BCUT2D eigenvalue weighted by Gasteiger charge is 2.22. The number of carbonyl (C=O) groups is 3. The molecular weight excluding hydrogens is 256 g/mol. The Balaban J connectivity index is 0. The Kier molecular flexibility index (Phi) is 15.2. The third-order valence-corrected chi connectivity index (χ3v) is 2.80. The van der Waals surface area contributed by atoms with E-state index in [9.17, 15) is 14.4 Å². The molecule has 0 saturated heterocycles. The topological polar surface area (TPSA) is 66.5 Å². The Morgan fingerprint density at radius 3 is 2.20 bits per heavy atom. The third kappa shape index (κ3) is 10.8. The summed E-state index contributed by atoms with van der Waals surface area (Å²) in [7, 11) is 1.89. The number of Topliss-reactive ketones (excluding diaryl/α,β-unsaturated/α-hetero) is 2. The van der Waals surface area contributed by atoms with Crippen LogP contribution >= 0.6 is 0 Å². The van der Waals surface area contributed by atoms with Gasteiger partial charge in [0.05, 0.1) is 19.1 Å². The number of ketones is 2. The van der Waals surface area contributed by atoms with Crippen LogP contribution in [0.1, 0.15) is 47.0 Å². The average Bonchev–Trinajstić information content (AvgIpc) is 2.40. The van der Waals surface area contributed by atoms with E-state index < -0.39 is 0 Å². The molecule has 0 aromatic carbocycles. The first-order valence-corrected chi connectivity index (χ1v) is 7.35. The van der Waals surface area contributed by atoms with E-state index >= 15 is 0 Å². The molecule has 0 saturated carbocycles. The number of hydrogen-bond donors (Lipinski definition) is 1. The number of aldehydes is 1. The lowest BCUT2D eigenvalue weighted by atomic mass is 10.0. The van der Waals surface area contributed by atoms with Crippen molar-refractivity contribution >= 4 is 17.9 Å². The summed E-state index contributed by atoms with van der Waals surface area (Å²) in [4.78, 5) is 35.1. The fourth-order valence-electron chi connectivity index (χ4n) is 1.97. The van der Waals surface area contributed by atoms with Gasteiger partial charge in [-0.05, 0) is 40.3 Å². The van der Waals surface area contributed by atoms with Crippen molar-refractivity contribution < 1.29 is 14.4 Å². The highest BCUT2D eigenvalue weighted by atomic mass is 16.1. The molecule has 1 atom stereocenters. The average molecular weight is 286 g/mol. The summed E-state index contributed by atoms with van der Waals surface area (Å²) in [6.07, 6.45) is 3.32.